The van der Waals surface area contributed by atoms with Gasteiger partial charge in [0.2, 0.25) is 0 Å². The molecule has 1 unspecified atom stereocenters. The number of amides is 3. The quantitative estimate of drug-likeness (QED) is 0.808. The van der Waals surface area contributed by atoms with Gasteiger partial charge < -0.3 is 9.88 Å². The van der Waals surface area contributed by atoms with E-state index in [0.29, 0.717) is 18.7 Å². The fraction of sp³-hybridized carbons (Fsp3) is 0.267. The monoisotopic (exact) mass is 282 g/mol. The summed E-state index contributed by atoms with van der Waals surface area (Å²) in [5.74, 6) is -0.169. The third-order valence-corrected chi connectivity index (χ3v) is 4.13. The maximum atomic E-state index is 12.6. The number of hydrogen-bond donors (Lipinski definition) is 1. The third-order valence-electron chi connectivity index (χ3n) is 4.13. The Morgan fingerprint density at radius 1 is 1.24 bits per heavy atom. The first-order chi connectivity index (χ1) is 10.1. The Labute approximate surface area is 121 Å². The van der Waals surface area contributed by atoms with E-state index in [2.05, 4.69) is 9.97 Å². The molecule has 1 fully saturated rings. The molecule has 6 heteroatoms. The Kier molecular flexibility index (Phi) is 2.42. The number of imidazole rings is 1. The summed E-state index contributed by atoms with van der Waals surface area (Å²) in [5.41, 5.74) is 3.51. The molecule has 0 bridgehead atoms. The molecule has 1 saturated heterocycles. The van der Waals surface area contributed by atoms with Crippen LogP contribution in [0.4, 0.5) is 10.5 Å². The number of hydrogen-bond acceptors (Lipinski definition) is 3. The van der Waals surface area contributed by atoms with Gasteiger partial charge >= 0.3 is 6.03 Å². The summed E-state index contributed by atoms with van der Waals surface area (Å²) in [5, 5.41) is 0. The second kappa shape index (κ2) is 4.18. The fourth-order valence-electron chi connectivity index (χ4n) is 2.96. The summed E-state index contributed by atoms with van der Waals surface area (Å²) in [6, 6.07) is 6.72. The zero-order valence-corrected chi connectivity index (χ0v) is 11.5. The predicted molar refractivity (Wildman–Crippen MR) is 75.7 cm³/mol. The van der Waals surface area contributed by atoms with Crippen LogP contribution >= 0.6 is 0 Å². The molecule has 21 heavy (non-hydrogen) atoms. The molecule has 0 spiro atoms. The molecule has 106 valence electrons. The minimum absolute atomic E-state index is 0.169. The molecule has 2 aliphatic heterocycles. The minimum atomic E-state index is -0.436. The number of nitrogens with one attached hydrogen (secondary N) is 1. The Bertz CT molecular complexity index is 696. The molecular formula is C15H14N4O2. The number of urea groups is 1. The van der Waals surface area contributed by atoms with E-state index in [1.54, 1.807) is 23.4 Å². The van der Waals surface area contributed by atoms with Gasteiger partial charge in [-0.2, -0.15) is 0 Å². The minimum Gasteiger partial charge on any atom is -0.347 e. The van der Waals surface area contributed by atoms with Crippen molar-refractivity contribution in [2.24, 2.45) is 0 Å². The van der Waals surface area contributed by atoms with Gasteiger partial charge in [-0.25, -0.2) is 14.7 Å². The van der Waals surface area contributed by atoms with Crippen molar-refractivity contribution in [3.8, 4) is 0 Å². The molecule has 3 heterocycles. The van der Waals surface area contributed by atoms with E-state index in [0.717, 1.165) is 17.0 Å². The molecule has 1 atom stereocenters. The number of benzene rings is 1. The number of nitrogens with zero attached hydrogens (tertiary/aromatic N) is 3. The van der Waals surface area contributed by atoms with E-state index in [9.17, 15) is 9.59 Å². The second-order valence-corrected chi connectivity index (χ2v) is 5.47. The number of H-pyrrole nitrogens is 1. The van der Waals surface area contributed by atoms with Crippen LogP contribution in [-0.4, -0.2) is 32.8 Å². The molecule has 6 nitrogen and oxygen atoms in total. The van der Waals surface area contributed by atoms with Gasteiger partial charge in [-0.05, 0) is 19.1 Å². The van der Waals surface area contributed by atoms with Crippen LogP contribution in [-0.2, 0) is 17.8 Å². The van der Waals surface area contributed by atoms with Crippen LogP contribution in [0.5, 0.6) is 0 Å². The standard InChI is InChI=1S/C15H14N4O2/c1-9-2-4-10(5-3-9)19-14(20)13-6-11-12(17-8-16-11)7-18(13)15(19)21/h2-5,8,13H,6-7H2,1H3,(H,16,17). The lowest BCUT2D eigenvalue weighted by atomic mass is 10.0. The van der Waals surface area contributed by atoms with E-state index in [1.165, 1.54) is 4.90 Å². The van der Waals surface area contributed by atoms with Gasteiger partial charge in [0, 0.05) is 6.42 Å². The molecule has 4 rings (SSSR count). The lowest BCUT2D eigenvalue weighted by Crippen LogP contribution is -2.40. The van der Waals surface area contributed by atoms with Crippen molar-refractivity contribution in [1.29, 1.82) is 0 Å². The number of carbonyl (C=O) groups is 2. The number of anilines is 1. The first kappa shape index (κ1) is 12.1. The summed E-state index contributed by atoms with van der Waals surface area (Å²) < 4.78 is 0. The topological polar surface area (TPSA) is 69.3 Å². The summed E-state index contributed by atoms with van der Waals surface area (Å²) in [7, 11) is 0. The Balaban J connectivity index is 1.71. The van der Waals surface area contributed by atoms with E-state index < -0.39 is 6.04 Å². The normalized spacial score (nSPS) is 20.7. The van der Waals surface area contributed by atoms with Crippen LogP contribution in [0.1, 0.15) is 17.0 Å². The molecular weight excluding hydrogens is 268 g/mol. The van der Waals surface area contributed by atoms with Crippen molar-refractivity contribution in [3.05, 3.63) is 47.5 Å². The van der Waals surface area contributed by atoms with Crippen molar-refractivity contribution >= 4 is 17.6 Å². The summed E-state index contributed by atoms with van der Waals surface area (Å²) in [6.07, 6.45) is 2.09. The zero-order valence-electron chi connectivity index (χ0n) is 11.5. The lowest BCUT2D eigenvalue weighted by Gasteiger charge is -2.25. The summed E-state index contributed by atoms with van der Waals surface area (Å²) in [4.78, 5) is 35.3. The number of imide groups is 1. The van der Waals surface area contributed by atoms with Crippen LogP contribution in [0.15, 0.2) is 30.6 Å². The van der Waals surface area contributed by atoms with Crippen molar-refractivity contribution in [2.75, 3.05) is 4.90 Å². The van der Waals surface area contributed by atoms with Crippen molar-refractivity contribution < 1.29 is 9.59 Å². The highest BCUT2D eigenvalue weighted by Crippen LogP contribution is 2.31. The maximum absolute atomic E-state index is 12.6. The molecule has 0 saturated carbocycles. The number of rotatable bonds is 1. The van der Waals surface area contributed by atoms with Gasteiger partial charge in [-0.1, -0.05) is 17.7 Å². The third kappa shape index (κ3) is 1.68. The van der Waals surface area contributed by atoms with Crippen molar-refractivity contribution in [1.82, 2.24) is 14.9 Å². The van der Waals surface area contributed by atoms with Crippen molar-refractivity contribution in [3.63, 3.8) is 0 Å². The number of fused-ring (bicyclic) bond motifs is 2. The van der Waals surface area contributed by atoms with Gasteiger partial charge in [0.05, 0.1) is 29.9 Å². The van der Waals surface area contributed by atoms with Crippen LogP contribution in [0.3, 0.4) is 0 Å². The summed E-state index contributed by atoms with van der Waals surface area (Å²) >= 11 is 0. The molecule has 2 aromatic rings. The van der Waals surface area contributed by atoms with E-state index in [-0.39, 0.29) is 11.9 Å². The molecule has 1 aromatic carbocycles. The fourth-order valence-corrected chi connectivity index (χ4v) is 2.96. The Hall–Kier alpha value is -2.63. The number of aromatic amines is 1. The first-order valence-electron chi connectivity index (χ1n) is 6.87. The smallest absolute Gasteiger partial charge is 0.332 e. The van der Waals surface area contributed by atoms with E-state index in [4.69, 9.17) is 0 Å². The number of aryl methyl sites for hydroxylation is 1. The Morgan fingerprint density at radius 3 is 2.76 bits per heavy atom. The molecule has 0 radical (unpaired) electrons. The average Bonchev–Trinajstić information content (AvgIpc) is 3.03. The van der Waals surface area contributed by atoms with Crippen molar-refractivity contribution in [2.45, 2.75) is 25.9 Å². The highest BCUT2D eigenvalue weighted by atomic mass is 16.2. The van der Waals surface area contributed by atoms with Crippen LogP contribution in [0, 0.1) is 6.92 Å². The highest BCUT2D eigenvalue weighted by Gasteiger charge is 2.48. The largest absolute Gasteiger partial charge is 0.347 e. The number of carbonyl (C=O) groups excluding carboxylic acids is 2. The highest BCUT2D eigenvalue weighted by molar-refractivity contribution is 6.21. The van der Waals surface area contributed by atoms with Crippen LogP contribution in [0.25, 0.3) is 0 Å². The van der Waals surface area contributed by atoms with E-state index >= 15 is 0 Å². The molecule has 1 aromatic heterocycles. The SMILES string of the molecule is Cc1ccc(N2C(=O)C3Cc4nc[nH]c4CN3C2=O)cc1. The van der Waals surface area contributed by atoms with Crippen LogP contribution < -0.4 is 4.90 Å². The lowest BCUT2D eigenvalue weighted by molar-refractivity contribution is -0.120. The number of aromatic nitrogens is 2. The predicted octanol–water partition coefficient (Wildman–Crippen LogP) is 1.61. The van der Waals surface area contributed by atoms with Gasteiger partial charge in [0.1, 0.15) is 6.04 Å². The maximum Gasteiger partial charge on any atom is 0.332 e. The van der Waals surface area contributed by atoms with Gasteiger partial charge in [0.15, 0.2) is 0 Å². The molecule has 3 amide bonds. The summed E-state index contributed by atoms with van der Waals surface area (Å²) in [6.45, 7) is 2.38. The van der Waals surface area contributed by atoms with Gasteiger partial charge in [0.25, 0.3) is 5.91 Å². The molecule has 0 aliphatic carbocycles. The average molecular weight is 282 g/mol. The Morgan fingerprint density at radius 2 is 2.00 bits per heavy atom. The zero-order chi connectivity index (χ0) is 14.6. The van der Waals surface area contributed by atoms with E-state index in [1.807, 2.05) is 19.1 Å². The second-order valence-electron chi connectivity index (χ2n) is 5.47. The van der Waals surface area contributed by atoms with Gasteiger partial charge in [-0.3, -0.25) is 4.79 Å². The molecule has 1 N–H and O–H groups in total. The molecule has 2 aliphatic rings. The first-order valence-corrected chi connectivity index (χ1v) is 6.87. The van der Waals surface area contributed by atoms with Crippen LogP contribution in [0.2, 0.25) is 0 Å². The van der Waals surface area contributed by atoms with Gasteiger partial charge in [-0.15, -0.1) is 0 Å².